The average Bonchev–Trinajstić information content (AvgIpc) is 2.07. The summed E-state index contributed by atoms with van der Waals surface area (Å²) in [7, 11) is 1.60. The van der Waals surface area contributed by atoms with Crippen LogP contribution >= 0.6 is 0 Å². The molecule has 0 unspecified atom stereocenters. The van der Waals surface area contributed by atoms with E-state index in [-0.39, 0.29) is 5.75 Å². The van der Waals surface area contributed by atoms with Crippen LogP contribution in [0.5, 0.6) is 5.75 Å². The molecule has 0 aliphatic rings. The van der Waals surface area contributed by atoms with Crippen LogP contribution in [0.25, 0.3) is 0 Å². The van der Waals surface area contributed by atoms with Crippen molar-refractivity contribution in [2.45, 2.75) is 26.0 Å². The molecule has 0 saturated carbocycles. The number of phenols is 1. The molecular weight excluding hydrogens is 178 g/mol. The van der Waals surface area contributed by atoms with Crippen LogP contribution < -0.4 is 5.73 Å². The van der Waals surface area contributed by atoms with E-state index < -0.39 is 5.54 Å². The van der Waals surface area contributed by atoms with Crippen molar-refractivity contribution >= 4 is 0 Å². The molecule has 0 bridgehead atoms. The van der Waals surface area contributed by atoms with Gasteiger partial charge in [0.15, 0.2) is 0 Å². The maximum Gasteiger partial charge on any atom is 0.121 e. The number of rotatable bonds is 3. The summed E-state index contributed by atoms with van der Waals surface area (Å²) in [6, 6.07) is 5.44. The molecule has 1 rings (SSSR count). The van der Waals surface area contributed by atoms with Crippen molar-refractivity contribution in [1.29, 1.82) is 0 Å². The van der Waals surface area contributed by atoms with E-state index >= 15 is 0 Å². The Morgan fingerprint density at radius 2 is 2.07 bits per heavy atom. The molecule has 3 N–H and O–H groups in total. The van der Waals surface area contributed by atoms with Crippen molar-refractivity contribution in [3.05, 3.63) is 29.3 Å². The molecule has 1 aromatic rings. The average molecular weight is 195 g/mol. The lowest BCUT2D eigenvalue weighted by atomic mass is 9.94. The van der Waals surface area contributed by atoms with Crippen molar-refractivity contribution in [2.75, 3.05) is 7.11 Å². The molecule has 0 spiro atoms. The fourth-order valence-corrected chi connectivity index (χ4v) is 1.24. The van der Waals surface area contributed by atoms with E-state index in [4.69, 9.17) is 10.5 Å². The summed E-state index contributed by atoms with van der Waals surface area (Å²) in [4.78, 5) is 0. The molecule has 78 valence electrons. The summed E-state index contributed by atoms with van der Waals surface area (Å²) >= 11 is 0. The summed E-state index contributed by atoms with van der Waals surface area (Å²) in [6.45, 7) is 4.21. The Labute approximate surface area is 84.5 Å². The zero-order chi connectivity index (χ0) is 10.8. The molecule has 0 aromatic heterocycles. The predicted octanol–water partition coefficient (Wildman–Crippen LogP) is 1.73. The normalized spacial score (nSPS) is 11.7. The van der Waals surface area contributed by atoms with Gasteiger partial charge in [0.2, 0.25) is 0 Å². The molecule has 0 fully saturated rings. The van der Waals surface area contributed by atoms with Crippen LogP contribution in [0.2, 0.25) is 0 Å². The van der Waals surface area contributed by atoms with E-state index in [1.807, 2.05) is 26.0 Å². The number of methoxy groups -OCH3 is 1. The van der Waals surface area contributed by atoms with Gasteiger partial charge >= 0.3 is 0 Å². The number of ether oxygens (including phenoxy) is 1. The maximum atomic E-state index is 9.65. The monoisotopic (exact) mass is 195 g/mol. The van der Waals surface area contributed by atoms with Gasteiger partial charge in [0, 0.05) is 18.2 Å². The second-order valence-electron chi connectivity index (χ2n) is 4.00. The smallest absolute Gasteiger partial charge is 0.121 e. The van der Waals surface area contributed by atoms with Crippen LogP contribution in [0.15, 0.2) is 18.2 Å². The van der Waals surface area contributed by atoms with Gasteiger partial charge in [-0.25, -0.2) is 0 Å². The molecule has 0 saturated heterocycles. The minimum atomic E-state index is -0.427. The van der Waals surface area contributed by atoms with Gasteiger partial charge in [-0.1, -0.05) is 12.1 Å². The molecule has 3 heteroatoms. The third-order valence-corrected chi connectivity index (χ3v) is 2.13. The highest BCUT2D eigenvalue weighted by Crippen LogP contribution is 2.25. The third-order valence-electron chi connectivity index (χ3n) is 2.13. The highest BCUT2D eigenvalue weighted by molar-refractivity contribution is 5.38. The minimum absolute atomic E-state index is 0.239. The first-order valence-corrected chi connectivity index (χ1v) is 4.55. The topological polar surface area (TPSA) is 55.5 Å². The van der Waals surface area contributed by atoms with Crippen LogP contribution in [0, 0.1) is 0 Å². The summed E-state index contributed by atoms with van der Waals surface area (Å²) in [5.74, 6) is 0.239. The second kappa shape index (κ2) is 3.98. The molecule has 1 aromatic carbocycles. The Bertz CT molecular complexity index is 316. The van der Waals surface area contributed by atoms with Gasteiger partial charge in [-0.15, -0.1) is 0 Å². The quantitative estimate of drug-likeness (QED) is 0.772. The molecule has 0 atom stereocenters. The van der Waals surface area contributed by atoms with Gasteiger partial charge in [-0.3, -0.25) is 0 Å². The predicted molar refractivity (Wildman–Crippen MR) is 56.0 cm³/mol. The molecule has 0 heterocycles. The van der Waals surface area contributed by atoms with Crippen LogP contribution in [0.4, 0.5) is 0 Å². The second-order valence-corrected chi connectivity index (χ2v) is 4.00. The van der Waals surface area contributed by atoms with E-state index in [0.717, 1.165) is 11.1 Å². The van der Waals surface area contributed by atoms with Gasteiger partial charge in [-0.2, -0.15) is 0 Å². The molecule has 0 aliphatic carbocycles. The molecule has 0 radical (unpaired) electrons. The molecule has 14 heavy (non-hydrogen) atoms. The zero-order valence-corrected chi connectivity index (χ0v) is 8.87. The largest absolute Gasteiger partial charge is 0.508 e. The first-order chi connectivity index (χ1) is 6.45. The van der Waals surface area contributed by atoms with Gasteiger partial charge < -0.3 is 15.6 Å². The number of hydrogen-bond donors (Lipinski definition) is 2. The molecule has 0 aliphatic heterocycles. The van der Waals surface area contributed by atoms with Crippen LogP contribution in [-0.2, 0) is 16.9 Å². The third kappa shape index (κ3) is 2.47. The van der Waals surface area contributed by atoms with E-state index in [2.05, 4.69) is 0 Å². The highest BCUT2D eigenvalue weighted by atomic mass is 16.5. The molecule has 3 nitrogen and oxygen atoms in total. The van der Waals surface area contributed by atoms with Gasteiger partial charge in [0.05, 0.1) is 6.61 Å². The summed E-state index contributed by atoms with van der Waals surface area (Å²) < 4.78 is 4.94. The van der Waals surface area contributed by atoms with Crippen molar-refractivity contribution in [1.82, 2.24) is 0 Å². The van der Waals surface area contributed by atoms with Crippen LogP contribution in [-0.4, -0.2) is 12.2 Å². The first-order valence-electron chi connectivity index (χ1n) is 4.55. The van der Waals surface area contributed by atoms with Crippen molar-refractivity contribution in [3.8, 4) is 5.75 Å². The number of hydrogen-bond acceptors (Lipinski definition) is 3. The maximum absolute atomic E-state index is 9.65. The van der Waals surface area contributed by atoms with E-state index in [1.165, 1.54) is 0 Å². The Morgan fingerprint density at radius 3 is 2.50 bits per heavy atom. The molecular formula is C11H17NO2. The zero-order valence-electron chi connectivity index (χ0n) is 8.87. The molecule has 0 amide bonds. The fourth-order valence-electron chi connectivity index (χ4n) is 1.24. The van der Waals surface area contributed by atoms with Gasteiger partial charge in [-0.05, 0) is 25.5 Å². The Kier molecular flexibility index (Phi) is 3.13. The van der Waals surface area contributed by atoms with E-state index in [0.29, 0.717) is 6.61 Å². The fraction of sp³-hybridized carbons (Fsp3) is 0.455. The highest BCUT2D eigenvalue weighted by Gasteiger charge is 2.15. The van der Waals surface area contributed by atoms with Crippen molar-refractivity contribution in [3.63, 3.8) is 0 Å². The minimum Gasteiger partial charge on any atom is -0.508 e. The van der Waals surface area contributed by atoms with E-state index in [1.54, 1.807) is 13.2 Å². The van der Waals surface area contributed by atoms with Gasteiger partial charge in [0.25, 0.3) is 0 Å². The number of phenolic OH excluding ortho intramolecular Hbond substituents is 1. The standard InChI is InChI=1S/C11H17NO2/c1-11(2,12)9-5-4-8(7-14-3)10(13)6-9/h4-6,13H,7,12H2,1-3H3. The summed E-state index contributed by atoms with van der Waals surface area (Å²) in [5, 5.41) is 9.65. The van der Waals surface area contributed by atoms with E-state index in [9.17, 15) is 5.11 Å². The lowest BCUT2D eigenvalue weighted by Gasteiger charge is -2.19. The lowest BCUT2D eigenvalue weighted by Crippen LogP contribution is -2.28. The lowest BCUT2D eigenvalue weighted by molar-refractivity contribution is 0.182. The Morgan fingerprint density at radius 1 is 1.43 bits per heavy atom. The van der Waals surface area contributed by atoms with Gasteiger partial charge in [0.1, 0.15) is 5.75 Å². The van der Waals surface area contributed by atoms with Crippen molar-refractivity contribution in [2.24, 2.45) is 5.73 Å². The summed E-state index contributed by atoms with van der Waals surface area (Å²) in [5.41, 5.74) is 7.17. The SMILES string of the molecule is COCc1ccc(C(C)(C)N)cc1O. The van der Waals surface area contributed by atoms with Crippen molar-refractivity contribution < 1.29 is 9.84 Å². The van der Waals surface area contributed by atoms with Crippen LogP contribution in [0.3, 0.4) is 0 Å². The Balaban J connectivity index is 3.01. The first kappa shape index (κ1) is 11.0. The number of benzene rings is 1. The number of aromatic hydroxyl groups is 1. The number of nitrogens with two attached hydrogens (primary N) is 1. The Hall–Kier alpha value is -1.06. The van der Waals surface area contributed by atoms with Crippen LogP contribution in [0.1, 0.15) is 25.0 Å². The summed E-state index contributed by atoms with van der Waals surface area (Å²) in [6.07, 6.45) is 0.